The molecule has 0 unspecified atom stereocenters. The third-order valence-corrected chi connectivity index (χ3v) is 4.92. The van der Waals surface area contributed by atoms with E-state index in [1.54, 1.807) is 24.4 Å². The molecule has 1 fully saturated rings. The fraction of sp³-hybridized carbons (Fsp3) is 0.316. The lowest BCUT2D eigenvalue weighted by atomic mass is 9.96. The van der Waals surface area contributed by atoms with Crippen LogP contribution < -0.4 is 10.9 Å². The van der Waals surface area contributed by atoms with Gasteiger partial charge in [-0.15, -0.1) is 0 Å². The van der Waals surface area contributed by atoms with Gasteiger partial charge in [-0.1, -0.05) is 31.4 Å². The number of nitro benzene ring substituents is 1. The third-order valence-electron chi connectivity index (χ3n) is 4.92. The van der Waals surface area contributed by atoms with Crippen LogP contribution in [0.4, 0.5) is 11.6 Å². The van der Waals surface area contributed by atoms with Crippen LogP contribution in [0.5, 0.6) is 0 Å². The Labute approximate surface area is 154 Å². The number of rotatable bonds is 4. The molecule has 1 aromatic carbocycles. The van der Waals surface area contributed by atoms with Gasteiger partial charge >= 0.3 is 0 Å². The molecule has 2 N–H and O–H groups in total. The Hall–Kier alpha value is -3.29. The fourth-order valence-electron chi connectivity index (χ4n) is 3.60. The van der Waals surface area contributed by atoms with Gasteiger partial charge in [0.2, 0.25) is 5.95 Å². The van der Waals surface area contributed by atoms with E-state index in [4.69, 9.17) is 0 Å². The van der Waals surface area contributed by atoms with Crippen LogP contribution in [0.1, 0.15) is 32.1 Å². The lowest BCUT2D eigenvalue weighted by Crippen LogP contribution is -2.25. The number of aromatic nitrogens is 3. The van der Waals surface area contributed by atoms with Crippen LogP contribution in [-0.4, -0.2) is 25.9 Å². The van der Waals surface area contributed by atoms with Crippen molar-refractivity contribution < 1.29 is 4.92 Å². The van der Waals surface area contributed by atoms with Gasteiger partial charge < -0.3 is 5.32 Å². The number of pyridine rings is 1. The summed E-state index contributed by atoms with van der Waals surface area (Å²) < 4.78 is 0. The van der Waals surface area contributed by atoms with Gasteiger partial charge in [0, 0.05) is 29.9 Å². The molecule has 2 heterocycles. The van der Waals surface area contributed by atoms with Crippen molar-refractivity contribution >= 4 is 22.7 Å². The Bertz CT molecular complexity index is 1060. The molecule has 8 heteroatoms. The number of hydrogen-bond acceptors (Lipinski definition) is 6. The first-order chi connectivity index (χ1) is 13.1. The molecule has 3 aromatic rings. The molecule has 0 saturated heterocycles. The highest BCUT2D eigenvalue weighted by Gasteiger charge is 2.17. The number of nitro groups is 1. The number of fused-ring (bicyclic) bond motifs is 1. The van der Waals surface area contributed by atoms with Gasteiger partial charge in [-0.2, -0.15) is 4.98 Å². The number of non-ortho nitro benzene ring substituents is 1. The summed E-state index contributed by atoms with van der Waals surface area (Å²) in [5.41, 5.74) is 1.13. The van der Waals surface area contributed by atoms with E-state index in [2.05, 4.69) is 20.3 Å². The van der Waals surface area contributed by atoms with E-state index in [9.17, 15) is 14.9 Å². The Morgan fingerprint density at radius 1 is 1.19 bits per heavy atom. The van der Waals surface area contributed by atoms with E-state index in [1.165, 1.54) is 31.4 Å². The minimum atomic E-state index is -0.457. The summed E-state index contributed by atoms with van der Waals surface area (Å²) in [5, 5.41) is 14.7. The number of H-pyrrole nitrogens is 1. The zero-order valence-electron chi connectivity index (χ0n) is 14.6. The second-order valence-corrected chi connectivity index (χ2v) is 6.76. The summed E-state index contributed by atoms with van der Waals surface area (Å²) in [6.45, 7) is 0. The molecule has 2 aromatic heterocycles. The van der Waals surface area contributed by atoms with Crippen molar-refractivity contribution in [1.82, 2.24) is 15.0 Å². The average Bonchev–Trinajstić information content (AvgIpc) is 2.68. The molecule has 1 aliphatic rings. The predicted octanol–water partition coefficient (Wildman–Crippen LogP) is 3.64. The number of nitrogens with zero attached hydrogens (tertiary/aromatic N) is 3. The van der Waals surface area contributed by atoms with Crippen molar-refractivity contribution in [3.05, 3.63) is 57.0 Å². The number of benzene rings is 1. The summed E-state index contributed by atoms with van der Waals surface area (Å²) in [7, 11) is 0. The van der Waals surface area contributed by atoms with Crippen molar-refractivity contribution in [3.63, 3.8) is 0 Å². The largest absolute Gasteiger partial charge is 0.353 e. The number of aromatic amines is 1. The molecular weight excluding hydrogens is 346 g/mol. The predicted molar refractivity (Wildman–Crippen MR) is 103 cm³/mol. The quantitative estimate of drug-likeness (QED) is 0.539. The molecule has 0 spiro atoms. The van der Waals surface area contributed by atoms with E-state index in [-0.39, 0.29) is 11.2 Å². The Kier molecular flexibility index (Phi) is 4.53. The second-order valence-electron chi connectivity index (χ2n) is 6.76. The number of anilines is 1. The monoisotopic (exact) mass is 365 g/mol. The molecule has 0 bridgehead atoms. The fourth-order valence-corrected chi connectivity index (χ4v) is 3.60. The van der Waals surface area contributed by atoms with Crippen molar-refractivity contribution in [3.8, 4) is 11.1 Å². The third kappa shape index (κ3) is 3.51. The van der Waals surface area contributed by atoms with Crippen molar-refractivity contribution in [2.24, 2.45) is 0 Å². The molecule has 138 valence electrons. The molecule has 27 heavy (non-hydrogen) atoms. The highest BCUT2D eigenvalue weighted by Crippen LogP contribution is 2.28. The molecule has 1 aliphatic carbocycles. The molecular formula is C19H19N5O3. The van der Waals surface area contributed by atoms with E-state index in [1.807, 2.05) is 0 Å². The molecule has 0 atom stereocenters. The SMILES string of the molecule is O=c1[nH]c(NC2CCCCC2)nc2nccc(-c3cccc([N+](=O)[O-])c3)c12. The summed E-state index contributed by atoms with van der Waals surface area (Å²) in [5.74, 6) is 0.420. The number of hydrogen-bond donors (Lipinski definition) is 2. The Morgan fingerprint density at radius 2 is 2.00 bits per heavy atom. The van der Waals surface area contributed by atoms with E-state index in [0.717, 1.165) is 12.8 Å². The maximum atomic E-state index is 12.7. The number of nitrogens with one attached hydrogen (secondary N) is 2. The zero-order chi connectivity index (χ0) is 18.8. The second kappa shape index (κ2) is 7.14. The van der Waals surface area contributed by atoms with Gasteiger partial charge in [0.25, 0.3) is 11.2 Å². The summed E-state index contributed by atoms with van der Waals surface area (Å²) >= 11 is 0. The normalized spacial score (nSPS) is 15.0. The summed E-state index contributed by atoms with van der Waals surface area (Å²) in [4.78, 5) is 34.8. The summed E-state index contributed by atoms with van der Waals surface area (Å²) in [6.07, 6.45) is 7.27. The smallest absolute Gasteiger partial charge is 0.270 e. The van der Waals surface area contributed by atoms with Crippen LogP contribution in [0.3, 0.4) is 0 Å². The standard InChI is InChI=1S/C19H19N5O3/c25-18-16-15(12-5-4-8-14(11-12)24(26)27)9-10-20-17(16)22-19(23-18)21-13-6-2-1-3-7-13/h4-5,8-11,13H,1-3,6-7H2,(H2,20,21,22,23,25). The molecule has 0 aliphatic heterocycles. The molecule has 8 nitrogen and oxygen atoms in total. The lowest BCUT2D eigenvalue weighted by Gasteiger charge is -2.22. The van der Waals surface area contributed by atoms with Gasteiger partial charge in [0.1, 0.15) is 0 Å². The van der Waals surface area contributed by atoms with Gasteiger partial charge in [0.05, 0.1) is 10.3 Å². The zero-order valence-corrected chi connectivity index (χ0v) is 14.6. The van der Waals surface area contributed by atoms with Crippen LogP contribution >= 0.6 is 0 Å². The highest BCUT2D eigenvalue weighted by atomic mass is 16.6. The average molecular weight is 365 g/mol. The van der Waals surface area contributed by atoms with E-state index < -0.39 is 4.92 Å². The van der Waals surface area contributed by atoms with Gasteiger partial charge in [0.15, 0.2) is 5.65 Å². The summed E-state index contributed by atoms with van der Waals surface area (Å²) in [6, 6.07) is 8.17. The maximum absolute atomic E-state index is 12.7. The van der Waals surface area contributed by atoms with E-state index >= 15 is 0 Å². The van der Waals surface area contributed by atoms with Crippen LogP contribution in [0.15, 0.2) is 41.3 Å². The van der Waals surface area contributed by atoms with Crippen LogP contribution in [0.25, 0.3) is 22.2 Å². The van der Waals surface area contributed by atoms with Crippen molar-refractivity contribution in [2.45, 2.75) is 38.1 Å². The maximum Gasteiger partial charge on any atom is 0.270 e. The van der Waals surface area contributed by atoms with Crippen molar-refractivity contribution in [1.29, 1.82) is 0 Å². The first kappa shape index (κ1) is 17.1. The van der Waals surface area contributed by atoms with Crippen LogP contribution in [0, 0.1) is 10.1 Å². The Morgan fingerprint density at radius 3 is 2.78 bits per heavy atom. The lowest BCUT2D eigenvalue weighted by molar-refractivity contribution is -0.384. The minimum Gasteiger partial charge on any atom is -0.353 e. The van der Waals surface area contributed by atoms with Gasteiger partial charge in [-0.3, -0.25) is 19.9 Å². The van der Waals surface area contributed by atoms with Crippen LogP contribution in [0.2, 0.25) is 0 Å². The topological polar surface area (TPSA) is 114 Å². The van der Waals surface area contributed by atoms with Crippen molar-refractivity contribution in [2.75, 3.05) is 5.32 Å². The van der Waals surface area contributed by atoms with E-state index in [0.29, 0.717) is 34.2 Å². The first-order valence-corrected chi connectivity index (χ1v) is 9.02. The molecule has 1 saturated carbocycles. The van der Waals surface area contributed by atoms with Crippen LogP contribution in [-0.2, 0) is 0 Å². The molecule has 0 radical (unpaired) electrons. The highest BCUT2D eigenvalue weighted by molar-refractivity contribution is 5.92. The minimum absolute atomic E-state index is 0.0302. The molecule has 4 rings (SSSR count). The Balaban J connectivity index is 1.76. The van der Waals surface area contributed by atoms with Gasteiger partial charge in [-0.05, 0) is 24.5 Å². The first-order valence-electron chi connectivity index (χ1n) is 9.02. The molecule has 0 amide bonds. The van der Waals surface area contributed by atoms with Gasteiger partial charge in [-0.25, -0.2) is 4.98 Å².